The summed E-state index contributed by atoms with van der Waals surface area (Å²) in [5, 5.41) is 7.91. The molecular formula is C20H23ClFN7. The minimum atomic E-state index is -0.315. The monoisotopic (exact) mass is 415 g/mol. The first-order valence-corrected chi connectivity index (χ1v) is 9.82. The average Bonchev–Trinajstić information content (AvgIpc) is 3.31. The van der Waals surface area contributed by atoms with E-state index < -0.39 is 0 Å². The third-order valence-corrected chi connectivity index (χ3v) is 5.23. The molecule has 0 amide bonds. The predicted molar refractivity (Wildman–Crippen MR) is 111 cm³/mol. The highest BCUT2D eigenvalue weighted by molar-refractivity contribution is 6.32. The van der Waals surface area contributed by atoms with Gasteiger partial charge in [-0.15, -0.1) is 0 Å². The lowest BCUT2D eigenvalue weighted by Gasteiger charge is -2.11. The van der Waals surface area contributed by atoms with Gasteiger partial charge in [0.05, 0.1) is 29.8 Å². The highest BCUT2D eigenvalue weighted by Crippen LogP contribution is 2.47. The van der Waals surface area contributed by atoms with Crippen LogP contribution in [-0.2, 0) is 13.1 Å². The van der Waals surface area contributed by atoms with Crippen molar-refractivity contribution in [2.45, 2.75) is 25.9 Å². The third kappa shape index (κ3) is 4.71. The highest BCUT2D eigenvalue weighted by Gasteiger charge is 2.43. The Morgan fingerprint density at radius 3 is 2.83 bits per heavy atom. The molecule has 1 aliphatic rings. The molecule has 1 N–H and O–H groups in total. The van der Waals surface area contributed by atoms with Crippen molar-refractivity contribution in [2.75, 3.05) is 26.1 Å². The van der Waals surface area contributed by atoms with Crippen LogP contribution in [0.1, 0.15) is 18.4 Å². The molecule has 0 bridgehead atoms. The Bertz CT molecular complexity index is 1000. The van der Waals surface area contributed by atoms with Crippen molar-refractivity contribution in [2.24, 2.45) is 5.41 Å². The second-order valence-electron chi connectivity index (χ2n) is 7.86. The van der Waals surface area contributed by atoms with E-state index in [2.05, 4.69) is 30.3 Å². The van der Waals surface area contributed by atoms with Crippen LogP contribution in [0, 0.1) is 5.41 Å². The molecule has 0 saturated heterocycles. The van der Waals surface area contributed by atoms with Crippen LogP contribution in [0.5, 0.6) is 0 Å². The summed E-state index contributed by atoms with van der Waals surface area (Å²) in [6.45, 7) is 1.06. The number of pyridine rings is 1. The average molecular weight is 416 g/mol. The van der Waals surface area contributed by atoms with E-state index in [9.17, 15) is 4.39 Å². The third-order valence-electron chi connectivity index (χ3n) is 4.95. The fourth-order valence-corrected chi connectivity index (χ4v) is 3.38. The number of anilines is 2. The molecule has 0 aromatic carbocycles. The largest absolute Gasteiger partial charge is 0.309 e. The second kappa shape index (κ2) is 8.04. The molecule has 1 aliphatic carbocycles. The van der Waals surface area contributed by atoms with Gasteiger partial charge >= 0.3 is 0 Å². The van der Waals surface area contributed by atoms with Gasteiger partial charge in [-0.2, -0.15) is 5.10 Å². The van der Waals surface area contributed by atoms with E-state index >= 15 is 0 Å². The summed E-state index contributed by atoms with van der Waals surface area (Å²) in [5.74, 6) is 1.06. The van der Waals surface area contributed by atoms with Crippen LogP contribution in [0.3, 0.4) is 0 Å². The van der Waals surface area contributed by atoms with Crippen LogP contribution < -0.4 is 5.32 Å². The van der Waals surface area contributed by atoms with E-state index in [4.69, 9.17) is 11.6 Å². The standard InChI is InChI=1S/C20H23ClFN7/c1-28(2)10-14-3-6-23-17(7-14)26-19-24-9-16(21)18(27-19)15-8-25-29(11-15)13-20(12-22)4-5-20/h3,6-9,11H,4-5,10,12-13H2,1-2H3,(H,23,24,26,27). The summed E-state index contributed by atoms with van der Waals surface area (Å²) >= 11 is 6.33. The minimum Gasteiger partial charge on any atom is -0.309 e. The van der Waals surface area contributed by atoms with Gasteiger partial charge in [0.25, 0.3) is 0 Å². The molecule has 9 heteroatoms. The molecule has 0 aliphatic heterocycles. The van der Waals surface area contributed by atoms with Gasteiger partial charge in [-0.25, -0.2) is 15.0 Å². The number of nitrogens with one attached hydrogen (secondary N) is 1. The molecule has 152 valence electrons. The molecule has 3 heterocycles. The topological polar surface area (TPSA) is 71.8 Å². The Labute approximate surface area is 174 Å². The quantitative estimate of drug-likeness (QED) is 0.600. The number of nitrogens with zero attached hydrogens (tertiary/aromatic N) is 6. The number of halogens is 2. The van der Waals surface area contributed by atoms with E-state index in [-0.39, 0.29) is 12.1 Å². The smallest absolute Gasteiger partial charge is 0.228 e. The summed E-state index contributed by atoms with van der Waals surface area (Å²) < 4.78 is 14.9. The molecule has 0 spiro atoms. The summed E-state index contributed by atoms with van der Waals surface area (Å²) in [6, 6.07) is 3.93. The second-order valence-corrected chi connectivity index (χ2v) is 8.27. The van der Waals surface area contributed by atoms with Crippen molar-refractivity contribution in [3.63, 3.8) is 0 Å². The van der Waals surface area contributed by atoms with E-state index in [1.54, 1.807) is 23.3 Å². The van der Waals surface area contributed by atoms with Gasteiger partial charge in [-0.3, -0.25) is 9.07 Å². The Morgan fingerprint density at radius 1 is 1.28 bits per heavy atom. The maximum Gasteiger partial charge on any atom is 0.228 e. The molecule has 7 nitrogen and oxygen atoms in total. The lowest BCUT2D eigenvalue weighted by molar-refractivity contribution is 0.294. The lowest BCUT2D eigenvalue weighted by atomic mass is 10.1. The van der Waals surface area contributed by atoms with E-state index in [0.717, 1.165) is 30.5 Å². The number of aromatic nitrogens is 5. The first kappa shape index (κ1) is 19.7. The van der Waals surface area contributed by atoms with Crippen molar-refractivity contribution in [3.8, 4) is 11.3 Å². The first-order valence-electron chi connectivity index (χ1n) is 9.44. The molecule has 4 rings (SSSR count). The fraction of sp³-hybridized carbons (Fsp3) is 0.400. The van der Waals surface area contributed by atoms with Crippen LogP contribution in [-0.4, -0.2) is 50.4 Å². The number of rotatable bonds is 8. The molecular weight excluding hydrogens is 393 g/mol. The van der Waals surface area contributed by atoms with Crippen molar-refractivity contribution in [1.29, 1.82) is 0 Å². The SMILES string of the molecule is CN(C)Cc1ccnc(Nc2ncc(Cl)c(-c3cnn(CC4(CF)CC4)c3)n2)c1. The predicted octanol–water partition coefficient (Wildman–Crippen LogP) is 3.94. The Morgan fingerprint density at radius 2 is 2.10 bits per heavy atom. The lowest BCUT2D eigenvalue weighted by Crippen LogP contribution is -2.13. The number of alkyl halides is 1. The van der Waals surface area contributed by atoms with Gasteiger partial charge in [-0.1, -0.05) is 11.6 Å². The van der Waals surface area contributed by atoms with E-state index in [0.29, 0.717) is 29.0 Å². The normalized spacial score (nSPS) is 14.9. The minimum absolute atomic E-state index is 0.241. The van der Waals surface area contributed by atoms with Crippen molar-refractivity contribution < 1.29 is 4.39 Å². The number of hydrogen-bond donors (Lipinski definition) is 1. The molecule has 3 aromatic rings. The summed E-state index contributed by atoms with van der Waals surface area (Å²) in [5.41, 5.74) is 2.23. The van der Waals surface area contributed by atoms with Crippen molar-refractivity contribution in [3.05, 3.63) is 47.5 Å². The summed E-state index contributed by atoms with van der Waals surface area (Å²) in [6.07, 6.45) is 8.66. The van der Waals surface area contributed by atoms with Crippen LogP contribution in [0.4, 0.5) is 16.2 Å². The summed E-state index contributed by atoms with van der Waals surface area (Å²) in [7, 11) is 4.03. The summed E-state index contributed by atoms with van der Waals surface area (Å²) in [4.78, 5) is 15.2. The van der Waals surface area contributed by atoms with Gasteiger partial charge in [-0.05, 0) is 44.6 Å². The van der Waals surface area contributed by atoms with Gasteiger partial charge in [0.2, 0.25) is 5.95 Å². The molecule has 1 saturated carbocycles. The van der Waals surface area contributed by atoms with Crippen LogP contribution in [0.2, 0.25) is 5.02 Å². The molecule has 29 heavy (non-hydrogen) atoms. The first-order chi connectivity index (χ1) is 14.0. The van der Waals surface area contributed by atoms with Crippen LogP contribution in [0.25, 0.3) is 11.3 Å². The molecule has 1 fully saturated rings. The Hall–Kier alpha value is -2.58. The van der Waals surface area contributed by atoms with Crippen molar-refractivity contribution >= 4 is 23.4 Å². The van der Waals surface area contributed by atoms with E-state index in [1.807, 2.05) is 32.4 Å². The molecule has 3 aromatic heterocycles. The maximum atomic E-state index is 13.2. The Kier molecular flexibility index (Phi) is 5.47. The zero-order chi connectivity index (χ0) is 20.4. The molecule has 0 unspecified atom stereocenters. The maximum absolute atomic E-state index is 13.2. The van der Waals surface area contributed by atoms with Gasteiger partial charge in [0, 0.05) is 36.5 Å². The van der Waals surface area contributed by atoms with Crippen LogP contribution >= 0.6 is 11.6 Å². The van der Waals surface area contributed by atoms with Gasteiger partial charge < -0.3 is 10.2 Å². The van der Waals surface area contributed by atoms with Crippen molar-refractivity contribution in [1.82, 2.24) is 29.6 Å². The zero-order valence-electron chi connectivity index (χ0n) is 16.4. The zero-order valence-corrected chi connectivity index (χ0v) is 17.2. The van der Waals surface area contributed by atoms with Crippen LogP contribution in [0.15, 0.2) is 36.9 Å². The van der Waals surface area contributed by atoms with Gasteiger partial charge in [0.1, 0.15) is 5.82 Å². The molecule has 0 atom stereocenters. The Balaban J connectivity index is 1.53. The van der Waals surface area contributed by atoms with E-state index in [1.165, 1.54) is 0 Å². The number of hydrogen-bond acceptors (Lipinski definition) is 6. The van der Waals surface area contributed by atoms with Gasteiger partial charge in [0.15, 0.2) is 0 Å². The fourth-order valence-electron chi connectivity index (χ4n) is 3.18. The molecule has 0 radical (unpaired) electrons. The highest BCUT2D eigenvalue weighted by atomic mass is 35.5.